The molecule has 146 valence electrons. The van der Waals surface area contributed by atoms with Gasteiger partial charge in [0.05, 0.1) is 18.7 Å². The number of hydrogen-bond donors (Lipinski definition) is 0. The van der Waals surface area contributed by atoms with Crippen molar-refractivity contribution in [2.45, 2.75) is 45.4 Å². The van der Waals surface area contributed by atoms with Crippen LogP contribution in [0.1, 0.15) is 37.8 Å². The van der Waals surface area contributed by atoms with Gasteiger partial charge in [-0.05, 0) is 68.5 Å². The van der Waals surface area contributed by atoms with E-state index in [9.17, 15) is 4.79 Å². The molecule has 5 nitrogen and oxygen atoms in total. The molecule has 1 aliphatic rings. The number of rotatable bonds is 8. The van der Waals surface area contributed by atoms with Crippen molar-refractivity contribution in [1.82, 2.24) is 4.90 Å². The lowest BCUT2D eigenvalue weighted by Crippen LogP contribution is -2.45. The van der Waals surface area contributed by atoms with E-state index in [1.54, 1.807) is 38.3 Å². The van der Waals surface area contributed by atoms with E-state index in [0.717, 1.165) is 24.2 Å². The summed E-state index contributed by atoms with van der Waals surface area (Å²) >= 11 is 0. The van der Waals surface area contributed by atoms with Gasteiger partial charge in [0, 0.05) is 12.6 Å². The van der Waals surface area contributed by atoms with E-state index >= 15 is 0 Å². The van der Waals surface area contributed by atoms with Crippen molar-refractivity contribution in [2.24, 2.45) is 5.92 Å². The van der Waals surface area contributed by atoms with Gasteiger partial charge in [-0.15, -0.1) is 0 Å². The van der Waals surface area contributed by atoms with E-state index in [1.807, 2.05) is 29.2 Å². The highest BCUT2D eigenvalue weighted by Gasteiger charge is 2.36. The highest BCUT2D eigenvalue weighted by atomic mass is 16.5. The number of ether oxygens (including phenoxy) is 2. The molecule has 0 heterocycles. The van der Waals surface area contributed by atoms with Gasteiger partial charge in [0.15, 0.2) is 6.10 Å². The highest BCUT2D eigenvalue weighted by molar-refractivity contribution is 5.81. The molecule has 0 radical (unpaired) electrons. The number of nitriles is 1. The third-order valence-electron chi connectivity index (χ3n) is 5.21. The average Bonchev–Trinajstić information content (AvgIpc) is 3.57. The molecule has 1 aliphatic carbocycles. The number of amides is 1. The predicted octanol–water partition coefficient (Wildman–Crippen LogP) is 4.16. The van der Waals surface area contributed by atoms with Gasteiger partial charge in [-0.3, -0.25) is 4.79 Å². The lowest BCUT2D eigenvalue weighted by molar-refractivity contribution is -0.141. The summed E-state index contributed by atoms with van der Waals surface area (Å²) in [5.41, 5.74) is 1.57. The van der Waals surface area contributed by atoms with Gasteiger partial charge in [0.2, 0.25) is 0 Å². The van der Waals surface area contributed by atoms with Crippen LogP contribution in [0.3, 0.4) is 0 Å². The fourth-order valence-electron chi connectivity index (χ4n) is 3.31. The molecule has 0 saturated heterocycles. The number of hydrogen-bond acceptors (Lipinski definition) is 4. The van der Waals surface area contributed by atoms with E-state index < -0.39 is 6.10 Å². The van der Waals surface area contributed by atoms with Crippen LogP contribution in [-0.4, -0.2) is 30.1 Å². The lowest BCUT2D eigenvalue weighted by Gasteiger charge is -2.32. The number of nitrogens with zero attached hydrogens (tertiary/aromatic N) is 2. The van der Waals surface area contributed by atoms with Crippen molar-refractivity contribution in [2.75, 3.05) is 7.11 Å². The van der Waals surface area contributed by atoms with E-state index in [2.05, 4.69) is 13.0 Å². The van der Waals surface area contributed by atoms with Crippen LogP contribution in [0.25, 0.3) is 0 Å². The first-order valence-corrected chi connectivity index (χ1v) is 9.62. The van der Waals surface area contributed by atoms with Gasteiger partial charge >= 0.3 is 0 Å². The Morgan fingerprint density at radius 3 is 2.50 bits per heavy atom. The largest absolute Gasteiger partial charge is 0.497 e. The molecule has 1 amide bonds. The predicted molar refractivity (Wildman–Crippen MR) is 107 cm³/mol. The molecular formula is C23H26N2O3. The summed E-state index contributed by atoms with van der Waals surface area (Å²) in [5.74, 6) is 1.84. The zero-order valence-electron chi connectivity index (χ0n) is 16.6. The van der Waals surface area contributed by atoms with Crippen molar-refractivity contribution in [3.05, 3.63) is 59.7 Å². The Morgan fingerprint density at radius 1 is 1.18 bits per heavy atom. The fraction of sp³-hybridized carbons (Fsp3) is 0.391. The number of methoxy groups -OCH3 is 1. The van der Waals surface area contributed by atoms with Crippen molar-refractivity contribution in [3.63, 3.8) is 0 Å². The Morgan fingerprint density at radius 2 is 1.89 bits per heavy atom. The van der Waals surface area contributed by atoms with Crippen LogP contribution < -0.4 is 9.47 Å². The molecule has 28 heavy (non-hydrogen) atoms. The smallest absolute Gasteiger partial charge is 0.263 e. The molecule has 2 unspecified atom stereocenters. The van der Waals surface area contributed by atoms with Gasteiger partial charge in [-0.2, -0.15) is 5.26 Å². The fourth-order valence-corrected chi connectivity index (χ4v) is 3.31. The number of carbonyl (C=O) groups excluding carboxylic acids is 1. The SMILES string of the molecule is COc1ccc(CN(C(=O)C(C)Oc2cccc(C#N)c2)C(C)C2CC2)cc1. The maximum absolute atomic E-state index is 13.2. The highest BCUT2D eigenvalue weighted by Crippen LogP contribution is 2.36. The Labute approximate surface area is 166 Å². The van der Waals surface area contributed by atoms with Gasteiger partial charge in [0.1, 0.15) is 11.5 Å². The average molecular weight is 378 g/mol. The minimum Gasteiger partial charge on any atom is -0.497 e. The summed E-state index contributed by atoms with van der Waals surface area (Å²) in [6, 6.07) is 16.9. The second-order valence-electron chi connectivity index (χ2n) is 7.29. The monoisotopic (exact) mass is 378 g/mol. The van der Waals surface area contributed by atoms with Crippen molar-refractivity contribution in [3.8, 4) is 17.6 Å². The molecule has 0 aliphatic heterocycles. The van der Waals surface area contributed by atoms with E-state index in [4.69, 9.17) is 14.7 Å². The molecular weight excluding hydrogens is 352 g/mol. The summed E-state index contributed by atoms with van der Waals surface area (Å²) in [5, 5.41) is 9.05. The molecule has 1 fully saturated rings. The Balaban J connectivity index is 1.74. The van der Waals surface area contributed by atoms with Crippen LogP contribution in [0.15, 0.2) is 48.5 Å². The zero-order valence-corrected chi connectivity index (χ0v) is 16.6. The van der Waals surface area contributed by atoms with Gasteiger partial charge in [-0.1, -0.05) is 18.2 Å². The molecule has 2 aromatic rings. The van der Waals surface area contributed by atoms with Crippen LogP contribution in [-0.2, 0) is 11.3 Å². The summed E-state index contributed by atoms with van der Waals surface area (Å²) in [6.07, 6.45) is 1.69. The van der Waals surface area contributed by atoms with Crippen molar-refractivity contribution in [1.29, 1.82) is 5.26 Å². The Hall–Kier alpha value is -3.00. The van der Waals surface area contributed by atoms with Crippen LogP contribution in [0.5, 0.6) is 11.5 Å². The molecule has 0 N–H and O–H groups in total. The third-order valence-corrected chi connectivity index (χ3v) is 5.21. The van der Waals surface area contributed by atoms with Crippen molar-refractivity contribution >= 4 is 5.91 Å². The number of carbonyl (C=O) groups is 1. The molecule has 2 atom stereocenters. The molecule has 1 saturated carbocycles. The van der Waals surface area contributed by atoms with Crippen LogP contribution in [0.4, 0.5) is 0 Å². The summed E-state index contributed by atoms with van der Waals surface area (Å²) in [7, 11) is 1.64. The van der Waals surface area contributed by atoms with E-state index in [-0.39, 0.29) is 11.9 Å². The van der Waals surface area contributed by atoms with Gasteiger partial charge < -0.3 is 14.4 Å². The normalized spacial score (nSPS) is 15.2. The van der Waals surface area contributed by atoms with Crippen molar-refractivity contribution < 1.29 is 14.3 Å². The van der Waals surface area contributed by atoms with Crippen LogP contribution >= 0.6 is 0 Å². The summed E-state index contributed by atoms with van der Waals surface area (Å²) in [4.78, 5) is 15.1. The summed E-state index contributed by atoms with van der Waals surface area (Å²) in [6.45, 7) is 4.41. The standard InChI is InChI=1S/C23H26N2O3/c1-16(20-9-10-20)25(15-18-7-11-21(27-3)12-8-18)23(26)17(2)28-22-6-4-5-19(13-22)14-24/h4-8,11-13,16-17,20H,9-10,15H2,1-3H3. The molecule has 3 rings (SSSR count). The first kappa shape index (κ1) is 19.8. The van der Waals surface area contributed by atoms with E-state index in [0.29, 0.717) is 23.8 Å². The van der Waals surface area contributed by atoms with Gasteiger partial charge in [0.25, 0.3) is 5.91 Å². The second-order valence-corrected chi connectivity index (χ2v) is 7.29. The minimum atomic E-state index is -0.631. The quantitative estimate of drug-likeness (QED) is 0.692. The Bertz CT molecular complexity index is 853. The first-order valence-electron chi connectivity index (χ1n) is 9.62. The first-order chi connectivity index (χ1) is 13.5. The van der Waals surface area contributed by atoms with Gasteiger partial charge in [-0.25, -0.2) is 0 Å². The number of benzene rings is 2. The lowest BCUT2D eigenvalue weighted by atomic mass is 10.1. The van der Waals surface area contributed by atoms with Crippen LogP contribution in [0.2, 0.25) is 0 Å². The topological polar surface area (TPSA) is 62.6 Å². The molecule has 0 bridgehead atoms. The third kappa shape index (κ3) is 4.83. The maximum Gasteiger partial charge on any atom is 0.263 e. The minimum absolute atomic E-state index is 0.0439. The maximum atomic E-state index is 13.2. The Kier molecular flexibility index (Phi) is 6.20. The molecule has 0 aromatic heterocycles. The van der Waals surface area contributed by atoms with Crippen LogP contribution in [0, 0.1) is 17.2 Å². The molecule has 0 spiro atoms. The zero-order chi connectivity index (χ0) is 20.1. The van der Waals surface area contributed by atoms with E-state index in [1.165, 1.54) is 0 Å². The molecule has 5 heteroatoms. The molecule has 2 aromatic carbocycles. The second kappa shape index (κ2) is 8.79. The summed E-state index contributed by atoms with van der Waals surface area (Å²) < 4.78 is 11.1.